The molecule has 3 atom stereocenters. The van der Waals surface area contributed by atoms with Gasteiger partial charge in [-0.25, -0.2) is 0 Å². The van der Waals surface area contributed by atoms with Gasteiger partial charge in [0, 0.05) is 22.6 Å². The van der Waals surface area contributed by atoms with E-state index in [-0.39, 0.29) is 37.2 Å². The summed E-state index contributed by atoms with van der Waals surface area (Å²) in [6, 6.07) is 38.9. The number of nitrogens with zero attached hydrogens (tertiary/aromatic N) is 1. The zero-order valence-electron chi connectivity index (χ0n) is 26.5. The Balaban J connectivity index is 1.08. The molecule has 2 aliphatic heterocycles. The molecular formula is C40H35NO6S. The topological polar surface area (TPSA) is 85.3 Å². The van der Waals surface area contributed by atoms with Crippen LogP contribution in [0.15, 0.2) is 126 Å². The van der Waals surface area contributed by atoms with Crippen molar-refractivity contribution >= 4 is 23.6 Å². The summed E-state index contributed by atoms with van der Waals surface area (Å²) in [5, 5.41) is 9.54. The van der Waals surface area contributed by atoms with Crippen LogP contribution in [-0.2, 0) is 22.6 Å². The predicted octanol–water partition coefficient (Wildman–Crippen LogP) is 7.99. The Labute approximate surface area is 284 Å². The molecule has 0 radical (unpaired) electrons. The van der Waals surface area contributed by atoms with Crippen molar-refractivity contribution in [1.82, 2.24) is 4.90 Å². The van der Waals surface area contributed by atoms with Crippen molar-refractivity contribution in [3.8, 4) is 16.9 Å². The van der Waals surface area contributed by atoms with Gasteiger partial charge in [-0.15, -0.1) is 11.8 Å². The number of thioether (sulfide) groups is 1. The molecule has 8 heteroatoms. The Bertz CT molecular complexity index is 1890. The number of amides is 2. The monoisotopic (exact) mass is 657 g/mol. The second-order valence-electron chi connectivity index (χ2n) is 11.9. The van der Waals surface area contributed by atoms with Crippen molar-refractivity contribution in [2.45, 2.75) is 43.0 Å². The molecule has 5 aromatic carbocycles. The summed E-state index contributed by atoms with van der Waals surface area (Å²) in [5.74, 6) is 1.04. The zero-order chi connectivity index (χ0) is 33.0. The average molecular weight is 658 g/mol. The molecular weight excluding hydrogens is 623 g/mol. The molecule has 7 rings (SSSR count). The van der Waals surface area contributed by atoms with Gasteiger partial charge in [0.25, 0.3) is 11.8 Å². The van der Waals surface area contributed by atoms with Crippen LogP contribution >= 0.6 is 11.8 Å². The number of rotatable bonds is 10. The molecule has 0 spiro atoms. The van der Waals surface area contributed by atoms with Crippen LogP contribution < -0.4 is 4.74 Å². The fraction of sp³-hybridized carbons (Fsp3) is 0.200. The Morgan fingerprint density at radius 1 is 0.750 bits per heavy atom. The van der Waals surface area contributed by atoms with E-state index in [1.807, 2.05) is 91.0 Å². The van der Waals surface area contributed by atoms with Crippen LogP contribution in [0.5, 0.6) is 5.75 Å². The fourth-order valence-electron chi connectivity index (χ4n) is 6.19. The molecule has 242 valence electrons. The normalized spacial score (nSPS) is 19.0. The third-order valence-electron chi connectivity index (χ3n) is 8.77. The molecule has 0 aliphatic carbocycles. The van der Waals surface area contributed by atoms with Crippen molar-refractivity contribution in [2.24, 2.45) is 0 Å². The first-order valence-corrected chi connectivity index (χ1v) is 16.9. The van der Waals surface area contributed by atoms with Crippen molar-refractivity contribution < 1.29 is 28.9 Å². The molecule has 2 aliphatic rings. The van der Waals surface area contributed by atoms with Crippen LogP contribution in [0, 0.1) is 0 Å². The third-order valence-corrected chi connectivity index (χ3v) is 9.96. The molecule has 1 N–H and O–H groups in total. The zero-order valence-corrected chi connectivity index (χ0v) is 27.3. The van der Waals surface area contributed by atoms with E-state index in [1.54, 1.807) is 43.1 Å². The van der Waals surface area contributed by atoms with Gasteiger partial charge < -0.3 is 19.3 Å². The van der Waals surface area contributed by atoms with E-state index in [9.17, 15) is 14.7 Å². The lowest BCUT2D eigenvalue weighted by Crippen LogP contribution is -2.31. The second-order valence-corrected chi connectivity index (χ2v) is 12.9. The van der Waals surface area contributed by atoms with Crippen LogP contribution in [0.4, 0.5) is 0 Å². The Morgan fingerprint density at radius 3 is 2.15 bits per heavy atom. The highest BCUT2D eigenvalue weighted by Gasteiger charge is 2.35. The van der Waals surface area contributed by atoms with Gasteiger partial charge in [-0.1, -0.05) is 91.0 Å². The highest BCUT2D eigenvalue weighted by Crippen LogP contribution is 2.41. The number of benzene rings is 5. The molecule has 1 saturated heterocycles. The molecule has 48 heavy (non-hydrogen) atoms. The molecule has 7 nitrogen and oxygen atoms in total. The predicted molar refractivity (Wildman–Crippen MR) is 185 cm³/mol. The van der Waals surface area contributed by atoms with Crippen molar-refractivity contribution in [3.63, 3.8) is 0 Å². The van der Waals surface area contributed by atoms with E-state index in [0.717, 1.165) is 49.8 Å². The first-order chi connectivity index (χ1) is 23.5. The van der Waals surface area contributed by atoms with Crippen LogP contribution in [0.1, 0.15) is 61.8 Å². The number of hydrogen-bond donors (Lipinski definition) is 1. The van der Waals surface area contributed by atoms with E-state index in [2.05, 4.69) is 6.07 Å². The lowest BCUT2D eigenvalue weighted by atomic mass is 9.99. The van der Waals surface area contributed by atoms with Gasteiger partial charge >= 0.3 is 0 Å². The fourth-order valence-corrected chi connectivity index (χ4v) is 7.24. The minimum Gasteiger partial charge on any atom is -0.496 e. The third kappa shape index (κ3) is 6.66. The number of aliphatic hydroxyl groups is 1. The van der Waals surface area contributed by atoms with E-state index >= 15 is 0 Å². The largest absolute Gasteiger partial charge is 0.496 e. The molecule has 5 aromatic rings. The standard InChI is InChI=1S/C40H35NO6S/c1-45-35-11-4-5-12-37(35)48-25-32-22-36(29-15-13-26(24-42)14-16-29)47-40(46-32)30-19-17-28(18-20-30)31-8-6-7-27(21-31)23-41-38(43)33-9-2-3-10-34(33)39(41)44/h2-21,32,36,40,42H,22-25H2,1H3. The molecule has 3 unspecified atom stereocenters. The highest BCUT2D eigenvalue weighted by molar-refractivity contribution is 7.99. The Kier molecular flexibility index (Phi) is 9.40. The SMILES string of the molecule is COc1ccccc1SCC1CC(c2ccc(CO)cc2)OC(c2ccc(-c3cccc(CN4C(=O)c5ccccc5C4=O)c3)cc2)O1. The Hall–Kier alpha value is -4.73. The maximum Gasteiger partial charge on any atom is 0.261 e. The summed E-state index contributed by atoms with van der Waals surface area (Å²) in [4.78, 5) is 28.2. The molecule has 0 aromatic heterocycles. The number of carbonyl (C=O) groups excluding carboxylic acids is 2. The van der Waals surface area contributed by atoms with Gasteiger partial charge in [-0.3, -0.25) is 14.5 Å². The first-order valence-electron chi connectivity index (χ1n) is 15.9. The van der Waals surface area contributed by atoms with Gasteiger partial charge in [0.15, 0.2) is 6.29 Å². The summed E-state index contributed by atoms with van der Waals surface area (Å²) >= 11 is 1.70. The molecule has 2 amide bonds. The molecule has 1 fully saturated rings. The van der Waals surface area contributed by atoms with Crippen LogP contribution in [0.3, 0.4) is 0 Å². The maximum atomic E-state index is 12.9. The van der Waals surface area contributed by atoms with Gasteiger partial charge in [0.2, 0.25) is 0 Å². The average Bonchev–Trinajstić information content (AvgIpc) is 3.38. The number of carbonyl (C=O) groups is 2. The number of ether oxygens (including phenoxy) is 3. The molecule has 0 saturated carbocycles. The highest BCUT2D eigenvalue weighted by atomic mass is 32.2. The lowest BCUT2D eigenvalue weighted by Gasteiger charge is -2.36. The first kappa shape index (κ1) is 31.8. The van der Waals surface area contributed by atoms with Crippen molar-refractivity contribution in [2.75, 3.05) is 12.9 Å². The summed E-state index contributed by atoms with van der Waals surface area (Å²) in [6.45, 7) is 0.199. The van der Waals surface area contributed by atoms with Gasteiger partial charge in [0.05, 0.1) is 43.6 Å². The van der Waals surface area contributed by atoms with Crippen LogP contribution in [0.25, 0.3) is 11.1 Å². The smallest absolute Gasteiger partial charge is 0.261 e. The number of fused-ring (bicyclic) bond motifs is 1. The van der Waals surface area contributed by atoms with Crippen LogP contribution in [0.2, 0.25) is 0 Å². The minimum atomic E-state index is -0.571. The number of imide groups is 1. The van der Waals surface area contributed by atoms with E-state index < -0.39 is 6.29 Å². The summed E-state index contributed by atoms with van der Waals surface area (Å²) in [7, 11) is 1.68. The van der Waals surface area contributed by atoms with E-state index in [1.165, 1.54) is 4.90 Å². The van der Waals surface area contributed by atoms with Gasteiger partial charge in [-0.05, 0) is 58.1 Å². The van der Waals surface area contributed by atoms with Gasteiger partial charge in [0.1, 0.15) is 5.75 Å². The molecule has 2 heterocycles. The number of hydrogen-bond acceptors (Lipinski definition) is 7. The number of aliphatic hydroxyl groups excluding tert-OH is 1. The quantitative estimate of drug-likeness (QED) is 0.120. The summed E-state index contributed by atoms with van der Waals surface area (Å²) < 4.78 is 18.7. The summed E-state index contributed by atoms with van der Waals surface area (Å²) in [5.41, 5.74) is 6.55. The minimum absolute atomic E-state index is 0.00621. The van der Waals surface area contributed by atoms with Crippen LogP contribution in [-0.4, -0.2) is 40.8 Å². The van der Waals surface area contributed by atoms with Gasteiger partial charge in [-0.2, -0.15) is 0 Å². The van der Waals surface area contributed by atoms with E-state index in [4.69, 9.17) is 14.2 Å². The van der Waals surface area contributed by atoms with Crippen molar-refractivity contribution in [3.05, 3.63) is 155 Å². The summed E-state index contributed by atoms with van der Waals surface area (Å²) in [6.07, 6.45) is -0.147. The number of methoxy groups -OCH3 is 1. The second kappa shape index (κ2) is 14.2. The number of para-hydroxylation sites is 1. The lowest BCUT2D eigenvalue weighted by molar-refractivity contribution is -0.245. The molecule has 0 bridgehead atoms. The van der Waals surface area contributed by atoms with E-state index in [0.29, 0.717) is 17.5 Å². The Morgan fingerprint density at radius 2 is 1.44 bits per heavy atom. The maximum absolute atomic E-state index is 12.9. The van der Waals surface area contributed by atoms with Crippen molar-refractivity contribution in [1.29, 1.82) is 0 Å².